The summed E-state index contributed by atoms with van der Waals surface area (Å²) in [5.74, 6) is 1.13. The Hall–Kier alpha value is -2.65. The predicted octanol–water partition coefficient (Wildman–Crippen LogP) is 0.605. The van der Waals surface area contributed by atoms with Gasteiger partial charge in [-0.1, -0.05) is 0 Å². The van der Waals surface area contributed by atoms with E-state index in [4.69, 9.17) is 14.2 Å². The molecule has 156 valence electrons. The third kappa shape index (κ3) is 4.68. The number of ether oxygens (including phenoxy) is 3. The maximum absolute atomic E-state index is 12.3. The summed E-state index contributed by atoms with van der Waals surface area (Å²) in [4.78, 5) is 25.2. The fourth-order valence-electron chi connectivity index (χ4n) is 3.54. The minimum atomic E-state index is -0.330. The molecule has 0 spiro atoms. The molecule has 0 bridgehead atoms. The number of nitrogens with zero attached hydrogens (tertiary/aromatic N) is 5. The SMILES string of the molecule is Cc1ccc(N2CCN(c3cc(OCC4COCCO4)nc(=O)n3C)CC2)cn1. The number of piperazine rings is 1. The van der Waals surface area contributed by atoms with Gasteiger partial charge in [0.15, 0.2) is 0 Å². The lowest BCUT2D eigenvalue weighted by Crippen LogP contribution is -2.48. The van der Waals surface area contributed by atoms with Gasteiger partial charge >= 0.3 is 5.69 Å². The largest absolute Gasteiger partial charge is 0.475 e. The number of hydrogen-bond donors (Lipinski definition) is 0. The lowest BCUT2D eigenvalue weighted by Gasteiger charge is -2.37. The number of anilines is 2. The Morgan fingerprint density at radius 2 is 1.97 bits per heavy atom. The molecule has 2 aromatic rings. The highest BCUT2D eigenvalue weighted by molar-refractivity contribution is 5.49. The second-order valence-electron chi connectivity index (χ2n) is 7.30. The highest BCUT2D eigenvalue weighted by atomic mass is 16.6. The van der Waals surface area contributed by atoms with E-state index in [-0.39, 0.29) is 11.8 Å². The normalized spacial score (nSPS) is 20.0. The van der Waals surface area contributed by atoms with Crippen LogP contribution < -0.4 is 20.2 Å². The second kappa shape index (κ2) is 8.79. The van der Waals surface area contributed by atoms with E-state index in [1.807, 2.05) is 25.3 Å². The van der Waals surface area contributed by atoms with Crippen molar-refractivity contribution in [1.82, 2.24) is 14.5 Å². The summed E-state index contributed by atoms with van der Waals surface area (Å²) in [5.41, 5.74) is 1.80. The molecule has 0 radical (unpaired) electrons. The summed E-state index contributed by atoms with van der Waals surface area (Å²) in [6.07, 6.45) is 1.78. The Labute approximate surface area is 169 Å². The van der Waals surface area contributed by atoms with Crippen LogP contribution in [0.3, 0.4) is 0 Å². The third-order valence-electron chi connectivity index (χ3n) is 5.26. The van der Waals surface area contributed by atoms with Crippen molar-refractivity contribution in [2.45, 2.75) is 13.0 Å². The van der Waals surface area contributed by atoms with Crippen LogP contribution in [0.2, 0.25) is 0 Å². The molecule has 2 aromatic heterocycles. The van der Waals surface area contributed by atoms with Gasteiger partial charge in [-0.25, -0.2) is 4.79 Å². The highest BCUT2D eigenvalue weighted by Crippen LogP contribution is 2.21. The number of aryl methyl sites for hydroxylation is 1. The Morgan fingerprint density at radius 3 is 2.66 bits per heavy atom. The Balaban J connectivity index is 1.42. The van der Waals surface area contributed by atoms with E-state index in [0.29, 0.717) is 32.3 Å². The summed E-state index contributed by atoms with van der Waals surface area (Å²) >= 11 is 0. The van der Waals surface area contributed by atoms with E-state index in [1.54, 1.807) is 11.6 Å². The van der Waals surface area contributed by atoms with E-state index in [0.717, 1.165) is 43.4 Å². The topological polar surface area (TPSA) is 82.0 Å². The lowest BCUT2D eigenvalue weighted by molar-refractivity contribution is -0.102. The van der Waals surface area contributed by atoms with Crippen molar-refractivity contribution in [2.75, 3.05) is 62.4 Å². The Morgan fingerprint density at radius 1 is 1.17 bits per heavy atom. The fraction of sp³-hybridized carbons (Fsp3) is 0.550. The summed E-state index contributed by atoms with van der Waals surface area (Å²) in [6.45, 7) is 7.25. The van der Waals surface area contributed by atoms with Crippen molar-refractivity contribution in [3.8, 4) is 5.88 Å². The summed E-state index contributed by atoms with van der Waals surface area (Å²) in [5, 5.41) is 0. The van der Waals surface area contributed by atoms with Crippen LogP contribution in [0, 0.1) is 6.92 Å². The zero-order valence-corrected chi connectivity index (χ0v) is 16.9. The van der Waals surface area contributed by atoms with Crippen LogP contribution in [-0.4, -0.2) is 73.2 Å². The van der Waals surface area contributed by atoms with Gasteiger partial charge in [-0.3, -0.25) is 9.55 Å². The number of aromatic nitrogens is 3. The number of hydrogen-bond acceptors (Lipinski definition) is 8. The van der Waals surface area contributed by atoms with E-state index < -0.39 is 0 Å². The molecule has 4 rings (SSSR count). The van der Waals surface area contributed by atoms with Gasteiger partial charge in [-0.15, -0.1) is 0 Å². The van der Waals surface area contributed by atoms with Crippen molar-refractivity contribution in [3.05, 3.63) is 40.6 Å². The first-order chi connectivity index (χ1) is 14.1. The van der Waals surface area contributed by atoms with Crippen molar-refractivity contribution in [3.63, 3.8) is 0 Å². The Kier molecular flexibility index (Phi) is 5.96. The molecule has 2 fully saturated rings. The lowest BCUT2D eigenvalue weighted by atomic mass is 10.2. The van der Waals surface area contributed by atoms with E-state index >= 15 is 0 Å². The monoisotopic (exact) mass is 401 g/mol. The van der Waals surface area contributed by atoms with Gasteiger partial charge < -0.3 is 24.0 Å². The molecule has 1 unspecified atom stereocenters. The van der Waals surface area contributed by atoms with Gasteiger partial charge in [0, 0.05) is 45.0 Å². The van der Waals surface area contributed by atoms with Gasteiger partial charge in [0.2, 0.25) is 5.88 Å². The molecule has 2 saturated heterocycles. The van der Waals surface area contributed by atoms with Crippen LogP contribution >= 0.6 is 0 Å². The van der Waals surface area contributed by atoms with Gasteiger partial charge in [0.25, 0.3) is 0 Å². The fourth-order valence-corrected chi connectivity index (χ4v) is 3.54. The van der Waals surface area contributed by atoms with Crippen LogP contribution in [0.15, 0.2) is 29.2 Å². The average Bonchev–Trinajstić information content (AvgIpc) is 2.76. The molecular formula is C20H27N5O4. The molecule has 0 aromatic carbocycles. The van der Waals surface area contributed by atoms with Gasteiger partial charge in [-0.05, 0) is 19.1 Å². The van der Waals surface area contributed by atoms with Gasteiger partial charge in [0.1, 0.15) is 18.5 Å². The molecule has 0 saturated carbocycles. The highest BCUT2D eigenvalue weighted by Gasteiger charge is 2.21. The van der Waals surface area contributed by atoms with E-state index in [9.17, 15) is 4.79 Å². The number of rotatable bonds is 5. The average molecular weight is 401 g/mol. The molecular weight excluding hydrogens is 374 g/mol. The zero-order valence-electron chi connectivity index (χ0n) is 16.9. The van der Waals surface area contributed by atoms with Crippen molar-refractivity contribution in [1.29, 1.82) is 0 Å². The van der Waals surface area contributed by atoms with Crippen LogP contribution in [0.25, 0.3) is 0 Å². The minimum absolute atomic E-state index is 0.135. The summed E-state index contributed by atoms with van der Waals surface area (Å²) in [7, 11) is 1.74. The maximum Gasteiger partial charge on any atom is 0.352 e. The molecule has 0 N–H and O–H groups in total. The summed E-state index contributed by atoms with van der Waals surface area (Å²) in [6, 6.07) is 5.95. The molecule has 29 heavy (non-hydrogen) atoms. The summed E-state index contributed by atoms with van der Waals surface area (Å²) < 4.78 is 18.3. The van der Waals surface area contributed by atoms with E-state index in [2.05, 4.69) is 25.8 Å². The van der Waals surface area contributed by atoms with Crippen molar-refractivity contribution >= 4 is 11.5 Å². The molecule has 2 aliphatic heterocycles. The molecule has 1 atom stereocenters. The molecule has 9 heteroatoms. The number of pyridine rings is 1. The molecule has 0 aliphatic carbocycles. The Bertz CT molecular complexity index is 871. The van der Waals surface area contributed by atoms with Gasteiger partial charge in [-0.2, -0.15) is 4.98 Å². The van der Waals surface area contributed by atoms with Crippen LogP contribution in [0.4, 0.5) is 11.5 Å². The first-order valence-corrected chi connectivity index (χ1v) is 9.93. The van der Waals surface area contributed by atoms with Crippen molar-refractivity contribution in [2.24, 2.45) is 7.05 Å². The smallest absolute Gasteiger partial charge is 0.352 e. The third-order valence-corrected chi connectivity index (χ3v) is 5.26. The first-order valence-electron chi connectivity index (χ1n) is 9.93. The molecule has 0 amide bonds. The van der Waals surface area contributed by atoms with Crippen LogP contribution in [0.5, 0.6) is 5.88 Å². The van der Waals surface area contributed by atoms with E-state index in [1.165, 1.54) is 0 Å². The standard InChI is InChI=1S/C20H27N5O4/c1-15-3-4-16(12-21-15)24-5-7-25(8-6-24)19-11-18(22-20(26)23(19)2)29-14-17-13-27-9-10-28-17/h3-4,11-12,17H,5-10,13-14H2,1-2H3. The van der Waals surface area contributed by atoms with Gasteiger partial charge in [0.05, 0.1) is 31.7 Å². The predicted molar refractivity (Wildman–Crippen MR) is 109 cm³/mol. The second-order valence-corrected chi connectivity index (χ2v) is 7.30. The maximum atomic E-state index is 12.3. The first kappa shape index (κ1) is 19.7. The molecule has 4 heterocycles. The minimum Gasteiger partial charge on any atom is -0.475 e. The van der Waals surface area contributed by atoms with Crippen LogP contribution in [-0.2, 0) is 16.5 Å². The van der Waals surface area contributed by atoms with Crippen LogP contribution in [0.1, 0.15) is 5.69 Å². The zero-order chi connectivity index (χ0) is 20.2. The molecule has 9 nitrogen and oxygen atoms in total. The van der Waals surface area contributed by atoms with Crippen molar-refractivity contribution < 1.29 is 14.2 Å². The molecule has 2 aliphatic rings. The quantitative estimate of drug-likeness (QED) is 0.721.